The fourth-order valence-corrected chi connectivity index (χ4v) is 1.87. The minimum absolute atomic E-state index is 0.0373. The van der Waals surface area contributed by atoms with Crippen LogP contribution in [0, 0.1) is 10.8 Å². The summed E-state index contributed by atoms with van der Waals surface area (Å²) in [4.78, 5) is 0. The lowest BCUT2D eigenvalue weighted by Gasteiger charge is -2.34. The van der Waals surface area contributed by atoms with Crippen LogP contribution >= 0.6 is 0 Å². The first-order valence-corrected chi connectivity index (χ1v) is 9.09. The first kappa shape index (κ1) is 27.6. The van der Waals surface area contributed by atoms with Crippen LogP contribution in [0.1, 0.15) is 12.8 Å². The first-order chi connectivity index (χ1) is 13.5. The summed E-state index contributed by atoms with van der Waals surface area (Å²) in [5.74, 6) is 0. The summed E-state index contributed by atoms with van der Waals surface area (Å²) in [5, 5.41) is 61.2. The zero-order valence-electron chi connectivity index (χ0n) is 16.4. The largest absolute Gasteiger partial charge is 0.400 e. The molecule has 11 nitrogen and oxygen atoms in total. The standard InChI is InChI=1S/C10H22O7.C6H10O3.CH4O/c11-1-9(2-12,3-13)7-17-8-10(4-14,5-15)6-16;1-3-7-5(1)9-6-2-4-8-6;1-2/h11-16H,1-8H2;5-6H,1-4H2;2H,1H3. The van der Waals surface area contributed by atoms with E-state index in [1.165, 1.54) is 0 Å². The average Bonchev–Trinajstić information content (AvgIpc) is 2.69. The SMILES string of the molecule is C1CC(OC2CCO2)O1.CO.OCC(CO)(CO)COCC(CO)(CO)CO. The van der Waals surface area contributed by atoms with E-state index in [0.717, 1.165) is 33.2 Å². The molecule has 170 valence electrons. The van der Waals surface area contributed by atoms with Gasteiger partial charge in [-0.3, -0.25) is 0 Å². The van der Waals surface area contributed by atoms with E-state index in [-0.39, 0.29) is 25.8 Å². The maximum absolute atomic E-state index is 9.03. The molecule has 2 saturated heterocycles. The molecular weight excluding hydrogens is 380 g/mol. The van der Waals surface area contributed by atoms with Gasteiger partial charge in [-0.05, 0) is 0 Å². The second-order valence-corrected chi connectivity index (χ2v) is 6.76. The molecule has 0 aromatic heterocycles. The number of aliphatic hydroxyl groups is 7. The van der Waals surface area contributed by atoms with E-state index in [1.807, 2.05) is 0 Å². The molecule has 28 heavy (non-hydrogen) atoms. The van der Waals surface area contributed by atoms with E-state index in [1.54, 1.807) is 0 Å². The molecule has 0 aromatic carbocycles. The predicted molar refractivity (Wildman–Crippen MR) is 96.1 cm³/mol. The van der Waals surface area contributed by atoms with E-state index >= 15 is 0 Å². The van der Waals surface area contributed by atoms with Gasteiger partial charge in [0.1, 0.15) is 0 Å². The van der Waals surface area contributed by atoms with Gasteiger partial charge in [0.15, 0.2) is 12.6 Å². The molecule has 0 aliphatic carbocycles. The lowest BCUT2D eigenvalue weighted by atomic mass is 9.91. The molecule has 2 unspecified atom stereocenters. The molecule has 2 aliphatic heterocycles. The molecule has 0 bridgehead atoms. The van der Waals surface area contributed by atoms with E-state index in [4.69, 9.17) is 54.7 Å². The van der Waals surface area contributed by atoms with Gasteiger partial charge in [-0.25, -0.2) is 0 Å². The quantitative estimate of drug-likeness (QED) is 0.173. The first-order valence-electron chi connectivity index (χ1n) is 9.09. The Hall–Kier alpha value is -0.440. The van der Waals surface area contributed by atoms with Gasteiger partial charge in [0.25, 0.3) is 0 Å². The number of rotatable bonds is 12. The molecule has 7 N–H and O–H groups in total. The van der Waals surface area contributed by atoms with Crippen LogP contribution in [-0.2, 0) is 18.9 Å². The molecule has 0 aromatic rings. The Morgan fingerprint density at radius 1 is 0.679 bits per heavy atom. The summed E-state index contributed by atoms with van der Waals surface area (Å²) in [5.41, 5.74) is -2.32. The monoisotopic (exact) mass is 416 g/mol. The zero-order chi connectivity index (χ0) is 21.5. The molecule has 0 saturated carbocycles. The summed E-state index contributed by atoms with van der Waals surface area (Å²) >= 11 is 0. The van der Waals surface area contributed by atoms with Gasteiger partial charge in [0, 0.05) is 20.0 Å². The average molecular weight is 416 g/mol. The molecule has 11 heteroatoms. The van der Waals surface area contributed by atoms with Gasteiger partial charge >= 0.3 is 0 Å². The summed E-state index contributed by atoms with van der Waals surface area (Å²) in [6, 6.07) is 0. The second-order valence-electron chi connectivity index (χ2n) is 6.76. The third-order valence-corrected chi connectivity index (χ3v) is 4.45. The predicted octanol–water partition coefficient (Wildman–Crippen LogP) is -2.97. The summed E-state index contributed by atoms with van der Waals surface area (Å²) in [6.07, 6.45) is 2.13. The molecule has 2 atom stereocenters. The highest BCUT2D eigenvalue weighted by atomic mass is 16.8. The summed E-state index contributed by atoms with van der Waals surface area (Å²) in [6.45, 7) is -1.32. The lowest BCUT2D eigenvalue weighted by molar-refractivity contribution is -0.320. The third-order valence-electron chi connectivity index (χ3n) is 4.45. The molecule has 0 radical (unpaired) electrons. The Bertz CT molecular complexity index is 304. The van der Waals surface area contributed by atoms with Crippen molar-refractivity contribution in [2.24, 2.45) is 10.8 Å². The fraction of sp³-hybridized carbons (Fsp3) is 1.00. The van der Waals surface area contributed by atoms with Crippen molar-refractivity contribution in [3.05, 3.63) is 0 Å². The number of hydrogen-bond donors (Lipinski definition) is 7. The van der Waals surface area contributed by atoms with Crippen LogP contribution in [0.25, 0.3) is 0 Å². The summed E-state index contributed by atoms with van der Waals surface area (Å²) < 4.78 is 20.5. The highest BCUT2D eigenvalue weighted by Gasteiger charge is 2.33. The van der Waals surface area contributed by atoms with Crippen molar-refractivity contribution in [1.29, 1.82) is 0 Å². The topological polar surface area (TPSA) is 179 Å². The Morgan fingerprint density at radius 2 is 0.964 bits per heavy atom. The van der Waals surface area contributed by atoms with Crippen LogP contribution in [0.2, 0.25) is 0 Å². The number of ether oxygens (including phenoxy) is 4. The highest BCUT2D eigenvalue weighted by molar-refractivity contribution is 4.80. The van der Waals surface area contributed by atoms with E-state index in [2.05, 4.69) is 0 Å². The van der Waals surface area contributed by atoms with E-state index in [9.17, 15) is 0 Å². The summed E-state index contributed by atoms with van der Waals surface area (Å²) in [7, 11) is 1.00. The van der Waals surface area contributed by atoms with Crippen LogP contribution in [0.4, 0.5) is 0 Å². The Balaban J connectivity index is 0.000000545. The van der Waals surface area contributed by atoms with E-state index in [0.29, 0.717) is 0 Å². The van der Waals surface area contributed by atoms with Crippen LogP contribution in [0.3, 0.4) is 0 Å². The fourth-order valence-electron chi connectivity index (χ4n) is 1.87. The smallest absolute Gasteiger partial charge is 0.162 e. The van der Waals surface area contributed by atoms with Gasteiger partial charge < -0.3 is 54.7 Å². The van der Waals surface area contributed by atoms with Crippen molar-refractivity contribution in [1.82, 2.24) is 0 Å². The molecular formula is C17H36O11. The minimum atomic E-state index is -1.16. The molecule has 2 aliphatic rings. The van der Waals surface area contributed by atoms with Gasteiger partial charge in [0.05, 0.1) is 76.9 Å². The van der Waals surface area contributed by atoms with Crippen LogP contribution in [0.15, 0.2) is 0 Å². The van der Waals surface area contributed by atoms with Crippen molar-refractivity contribution < 1.29 is 54.7 Å². The molecule has 2 heterocycles. The molecule has 0 spiro atoms. The van der Waals surface area contributed by atoms with Gasteiger partial charge in [-0.2, -0.15) is 0 Å². The van der Waals surface area contributed by atoms with Crippen LogP contribution in [0.5, 0.6) is 0 Å². The lowest BCUT2D eigenvalue weighted by Crippen LogP contribution is -2.43. The van der Waals surface area contributed by atoms with Crippen molar-refractivity contribution in [2.45, 2.75) is 25.4 Å². The van der Waals surface area contributed by atoms with Crippen LogP contribution in [-0.4, -0.2) is 122 Å². The number of aliphatic hydroxyl groups excluding tert-OH is 7. The molecule has 0 amide bonds. The van der Waals surface area contributed by atoms with Crippen LogP contribution < -0.4 is 0 Å². The number of hydrogen-bond acceptors (Lipinski definition) is 11. The maximum Gasteiger partial charge on any atom is 0.162 e. The van der Waals surface area contributed by atoms with Gasteiger partial charge in [0.2, 0.25) is 0 Å². The van der Waals surface area contributed by atoms with E-state index < -0.39 is 50.5 Å². The van der Waals surface area contributed by atoms with Crippen molar-refractivity contribution in [3.63, 3.8) is 0 Å². The Labute approximate surface area is 165 Å². The highest BCUT2D eigenvalue weighted by Crippen LogP contribution is 2.21. The second kappa shape index (κ2) is 15.4. The zero-order valence-corrected chi connectivity index (χ0v) is 16.4. The molecule has 2 fully saturated rings. The minimum Gasteiger partial charge on any atom is -0.400 e. The maximum atomic E-state index is 9.03. The van der Waals surface area contributed by atoms with Gasteiger partial charge in [-0.15, -0.1) is 0 Å². The Kier molecular flexibility index (Phi) is 15.2. The normalized spacial score (nSPS) is 21.4. The van der Waals surface area contributed by atoms with Crippen molar-refractivity contribution in [3.8, 4) is 0 Å². The van der Waals surface area contributed by atoms with Crippen molar-refractivity contribution in [2.75, 3.05) is 73.2 Å². The Morgan fingerprint density at radius 3 is 1.14 bits per heavy atom. The molecule has 2 rings (SSSR count). The van der Waals surface area contributed by atoms with Gasteiger partial charge in [-0.1, -0.05) is 0 Å². The van der Waals surface area contributed by atoms with Crippen molar-refractivity contribution >= 4 is 0 Å². The third kappa shape index (κ3) is 8.93.